The van der Waals surface area contributed by atoms with E-state index in [1.165, 1.54) is 32.8 Å². The van der Waals surface area contributed by atoms with E-state index in [0.29, 0.717) is 31.7 Å². The number of esters is 2. The molecule has 0 radical (unpaired) electrons. The number of methoxy groups -OCH3 is 1. The van der Waals surface area contributed by atoms with E-state index in [2.05, 4.69) is 22.7 Å². The Hall–Kier alpha value is -1.85. The van der Waals surface area contributed by atoms with Crippen molar-refractivity contribution in [2.75, 3.05) is 7.11 Å². The van der Waals surface area contributed by atoms with Crippen LogP contribution in [0.2, 0.25) is 0 Å². The molecule has 0 N–H and O–H groups in total. The molecular formula is C23H38N2O4. The molecule has 0 aromatic carbocycles. The van der Waals surface area contributed by atoms with Gasteiger partial charge in [0.1, 0.15) is 5.60 Å². The molecule has 6 heteroatoms. The zero-order valence-corrected chi connectivity index (χ0v) is 18.8. The lowest BCUT2D eigenvalue weighted by Crippen LogP contribution is -2.23. The first-order valence-corrected chi connectivity index (χ1v) is 11.0. The standard InChI is InChI=1S/C23H38N2O4/c1-17-10-12-20(13-11-17)25-15-19(24-16-25)14-18(22(27)28-5)8-6-7-9-21(26)29-23(2,3)4/h15-18,20H,6-14H2,1-5H3/t17?,18-,20?/m0/s1. The number of hydrogen-bond acceptors (Lipinski definition) is 5. The molecule has 1 atom stereocenters. The third-order valence-corrected chi connectivity index (χ3v) is 5.66. The molecule has 0 amide bonds. The average Bonchev–Trinajstić information content (AvgIpc) is 3.11. The lowest BCUT2D eigenvalue weighted by atomic mass is 9.87. The van der Waals surface area contributed by atoms with E-state index in [1.807, 2.05) is 27.1 Å². The van der Waals surface area contributed by atoms with Crippen molar-refractivity contribution in [2.45, 2.75) is 97.1 Å². The highest BCUT2D eigenvalue weighted by molar-refractivity contribution is 5.72. The predicted octanol–water partition coefficient (Wildman–Crippen LogP) is 4.87. The van der Waals surface area contributed by atoms with E-state index in [0.717, 1.165) is 18.0 Å². The number of rotatable bonds is 9. The van der Waals surface area contributed by atoms with Gasteiger partial charge < -0.3 is 14.0 Å². The molecule has 0 bridgehead atoms. The van der Waals surface area contributed by atoms with Gasteiger partial charge in [-0.1, -0.05) is 13.3 Å². The Morgan fingerprint density at radius 1 is 1.21 bits per heavy atom. The van der Waals surface area contributed by atoms with Crippen molar-refractivity contribution in [3.8, 4) is 0 Å². The third-order valence-electron chi connectivity index (χ3n) is 5.66. The minimum absolute atomic E-state index is 0.187. The molecule has 2 rings (SSSR count). The second-order valence-corrected chi connectivity index (χ2v) is 9.48. The van der Waals surface area contributed by atoms with Gasteiger partial charge in [0.25, 0.3) is 0 Å². The van der Waals surface area contributed by atoms with E-state index in [1.54, 1.807) is 0 Å². The molecule has 0 saturated heterocycles. The Balaban J connectivity index is 1.83. The van der Waals surface area contributed by atoms with Gasteiger partial charge in [0.15, 0.2) is 0 Å². The summed E-state index contributed by atoms with van der Waals surface area (Å²) in [7, 11) is 1.43. The summed E-state index contributed by atoms with van der Waals surface area (Å²) in [5.41, 5.74) is 0.479. The van der Waals surface area contributed by atoms with E-state index >= 15 is 0 Å². The fraction of sp³-hybridized carbons (Fsp3) is 0.783. The van der Waals surface area contributed by atoms with Gasteiger partial charge in [0, 0.05) is 25.1 Å². The third kappa shape index (κ3) is 8.19. The maximum absolute atomic E-state index is 12.2. The first-order chi connectivity index (χ1) is 13.7. The highest BCUT2D eigenvalue weighted by Gasteiger charge is 2.23. The minimum atomic E-state index is -0.458. The molecule has 1 aliphatic carbocycles. The van der Waals surface area contributed by atoms with Gasteiger partial charge in [-0.05, 0) is 65.2 Å². The fourth-order valence-electron chi connectivity index (χ4n) is 4.00. The number of aromatic nitrogens is 2. The van der Waals surface area contributed by atoms with E-state index in [9.17, 15) is 9.59 Å². The number of nitrogens with zero attached hydrogens (tertiary/aromatic N) is 2. The second kappa shape index (κ2) is 10.8. The fourth-order valence-corrected chi connectivity index (χ4v) is 4.00. The zero-order valence-electron chi connectivity index (χ0n) is 18.8. The summed E-state index contributed by atoms with van der Waals surface area (Å²) >= 11 is 0. The maximum Gasteiger partial charge on any atom is 0.309 e. The molecule has 1 fully saturated rings. The topological polar surface area (TPSA) is 70.4 Å². The van der Waals surface area contributed by atoms with Crippen molar-refractivity contribution in [3.63, 3.8) is 0 Å². The molecule has 29 heavy (non-hydrogen) atoms. The summed E-state index contributed by atoms with van der Waals surface area (Å²) in [6, 6.07) is 0.526. The summed E-state index contributed by atoms with van der Waals surface area (Å²) in [5, 5.41) is 0. The first-order valence-electron chi connectivity index (χ1n) is 11.0. The molecule has 1 aromatic rings. The van der Waals surface area contributed by atoms with Gasteiger partial charge in [-0.25, -0.2) is 4.98 Å². The Labute approximate surface area is 175 Å². The first kappa shape index (κ1) is 23.4. The second-order valence-electron chi connectivity index (χ2n) is 9.48. The van der Waals surface area contributed by atoms with Crippen LogP contribution in [0.15, 0.2) is 12.5 Å². The van der Waals surface area contributed by atoms with Crippen LogP contribution in [-0.2, 0) is 25.5 Å². The van der Waals surface area contributed by atoms with Crippen molar-refractivity contribution in [1.82, 2.24) is 9.55 Å². The lowest BCUT2D eigenvalue weighted by molar-refractivity contribution is -0.154. The van der Waals surface area contributed by atoms with Gasteiger partial charge in [-0.3, -0.25) is 9.59 Å². The highest BCUT2D eigenvalue weighted by atomic mass is 16.6. The molecule has 0 spiro atoms. The molecule has 0 unspecified atom stereocenters. The van der Waals surface area contributed by atoms with Crippen LogP contribution in [0.4, 0.5) is 0 Å². The van der Waals surface area contributed by atoms with E-state index < -0.39 is 5.60 Å². The zero-order chi connectivity index (χ0) is 21.4. The number of carbonyl (C=O) groups excluding carboxylic acids is 2. The number of hydrogen-bond donors (Lipinski definition) is 0. The number of unbranched alkanes of at least 4 members (excludes halogenated alkanes) is 1. The van der Waals surface area contributed by atoms with Crippen molar-refractivity contribution in [3.05, 3.63) is 18.2 Å². The molecule has 1 aromatic heterocycles. The maximum atomic E-state index is 12.2. The number of ether oxygens (including phenoxy) is 2. The van der Waals surface area contributed by atoms with Crippen LogP contribution in [0.5, 0.6) is 0 Å². The largest absolute Gasteiger partial charge is 0.469 e. The normalized spacial score (nSPS) is 20.9. The summed E-state index contributed by atoms with van der Waals surface area (Å²) in [4.78, 5) is 28.6. The van der Waals surface area contributed by atoms with Gasteiger partial charge in [0.2, 0.25) is 0 Å². The average molecular weight is 407 g/mol. The van der Waals surface area contributed by atoms with E-state index in [4.69, 9.17) is 9.47 Å². The number of imidazole rings is 1. The smallest absolute Gasteiger partial charge is 0.309 e. The Kier molecular flexibility index (Phi) is 8.72. The molecular weight excluding hydrogens is 368 g/mol. The van der Waals surface area contributed by atoms with E-state index in [-0.39, 0.29) is 17.9 Å². The van der Waals surface area contributed by atoms with Crippen LogP contribution >= 0.6 is 0 Å². The summed E-state index contributed by atoms with van der Waals surface area (Å²) in [6.07, 6.45) is 12.0. The van der Waals surface area contributed by atoms with Crippen molar-refractivity contribution < 1.29 is 19.1 Å². The van der Waals surface area contributed by atoms with Gasteiger partial charge in [0.05, 0.1) is 25.0 Å². The molecule has 6 nitrogen and oxygen atoms in total. The van der Waals surface area contributed by atoms with Crippen molar-refractivity contribution in [2.24, 2.45) is 11.8 Å². The molecule has 164 valence electrons. The Morgan fingerprint density at radius 2 is 1.90 bits per heavy atom. The lowest BCUT2D eigenvalue weighted by Gasteiger charge is -2.26. The van der Waals surface area contributed by atoms with Crippen LogP contribution in [0.1, 0.15) is 90.8 Å². The van der Waals surface area contributed by atoms with Gasteiger partial charge >= 0.3 is 11.9 Å². The van der Waals surface area contributed by atoms with Crippen molar-refractivity contribution in [1.29, 1.82) is 0 Å². The van der Waals surface area contributed by atoms with Crippen LogP contribution in [0, 0.1) is 11.8 Å². The summed E-state index contributed by atoms with van der Waals surface area (Å²) in [6.45, 7) is 7.92. The molecule has 1 saturated carbocycles. The number of carbonyl (C=O) groups is 2. The van der Waals surface area contributed by atoms with Crippen LogP contribution in [0.25, 0.3) is 0 Å². The molecule has 1 aliphatic rings. The summed E-state index contributed by atoms with van der Waals surface area (Å²) < 4.78 is 12.6. The Bertz CT molecular complexity index is 654. The quantitative estimate of drug-likeness (QED) is 0.432. The Morgan fingerprint density at radius 3 is 2.52 bits per heavy atom. The molecule has 1 heterocycles. The van der Waals surface area contributed by atoms with Crippen molar-refractivity contribution >= 4 is 11.9 Å². The van der Waals surface area contributed by atoms with Gasteiger partial charge in [-0.15, -0.1) is 0 Å². The van der Waals surface area contributed by atoms with Gasteiger partial charge in [-0.2, -0.15) is 0 Å². The van der Waals surface area contributed by atoms with Crippen LogP contribution in [-0.4, -0.2) is 34.2 Å². The van der Waals surface area contributed by atoms with Crippen LogP contribution < -0.4 is 0 Å². The summed E-state index contributed by atoms with van der Waals surface area (Å²) in [5.74, 6) is 0.197. The van der Waals surface area contributed by atoms with Crippen LogP contribution in [0.3, 0.4) is 0 Å². The SMILES string of the molecule is COC(=O)[C@@H](CCCCC(=O)OC(C)(C)C)Cc1cn(C2CCC(C)CC2)cn1. The monoisotopic (exact) mass is 406 g/mol. The predicted molar refractivity (Wildman–Crippen MR) is 112 cm³/mol. The molecule has 0 aliphatic heterocycles. The minimum Gasteiger partial charge on any atom is -0.469 e. The highest BCUT2D eigenvalue weighted by Crippen LogP contribution is 2.32.